The number of carbonyl (C=O) groups excluding carboxylic acids is 1. The van der Waals surface area contributed by atoms with Gasteiger partial charge in [-0.3, -0.25) is 0 Å². The molecule has 1 unspecified atom stereocenters. The minimum absolute atomic E-state index is 0.0315. The zero-order valence-electron chi connectivity index (χ0n) is 12.8. The van der Waals surface area contributed by atoms with Crippen LogP contribution in [0.1, 0.15) is 56.4 Å². The summed E-state index contributed by atoms with van der Waals surface area (Å²) in [5.41, 5.74) is 1.12. The highest BCUT2D eigenvalue weighted by atomic mass is 16.3. The normalized spacial score (nSPS) is 17.3. The monoisotopic (exact) mass is 294 g/mol. The summed E-state index contributed by atoms with van der Waals surface area (Å²) in [6, 6.07) is 1.98. The molecule has 0 bridgehead atoms. The van der Waals surface area contributed by atoms with E-state index in [0.29, 0.717) is 13.0 Å². The van der Waals surface area contributed by atoms with Crippen LogP contribution < -0.4 is 5.32 Å². The van der Waals surface area contributed by atoms with Gasteiger partial charge in [-0.25, -0.2) is 4.79 Å². The summed E-state index contributed by atoms with van der Waals surface area (Å²) in [6.07, 6.45) is 7.32. The first-order valence-corrected chi connectivity index (χ1v) is 7.98. The van der Waals surface area contributed by atoms with Gasteiger partial charge in [-0.2, -0.15) is 0 Å². The number of aliphatic hydroxyl groups is 1. The third-order valence-corrected chi connectivity index (χ3v) is 4.00. The van der Waals surface area contributed by atoms with Crippen LogP contribution >= 0.6 is 0 Å². The number of urea groups is 1. The molecule has 1 aromatic rings. The van der Waals surface area contributed by atoms with Gasteiger partial charge in [-0.1, -0.05) is 13.3 Å². The number of nitrogens with one attached hydrogen (secondary N) is 1. The number of amides is 2. The van der Waals surface area contributed by atoms with Crippen LogP contribution in [0.15, 0.2) is 16.7 Å². The fraction of sp³-hybridized carbons (Fsp3) is 0.688. The van der Waals surface area contributed by atoms with Crippen LogP contribution in [0.25, 0.3) is 0 Å². The van der Waals surface area contributed by atoms with Gasteiger partial charge in [0.1, 0.15) is 5.76 Å². The highest BCUT2D eigenvalue weighted by Gasteiger charge is 2.25. The lowest BCUT2D eigenvalue weighted by molar-refractivity contribution is 0.183. The molecule has 0 fully saturated rings. The maximum Gasteiger partial charge on any atom is 0.317 e. The van der Waals surface area contributed by atoms with Crippen LogP contribution in [-0.4, -0.2) is 35.7 Å². The van der Waals surface area contributed by atoms with Crippen molar-refractivity contribution >= 4 is 6.03 Å². The van der Waals surface area contributed by atoms with Crippen LogP contribution in [0, 0.1) is 0 Å². The van der Waals surface area contributed by atoms with E-state index in [9.17, 15) is 4.79 Å². The van der Waals surface area contributed by atoms with E-state index in [4.69, 9.17) is 9.52 Å². The van der Waals surface area contributed by atoms with Crippen molar-refractivity contribution in [3.63, 3.8) is 0 Å². The number of rotatable bonds is 7. The second-order valence-electron chi connectivity index (χ2n) is 5.61. The zero-order valence-corrected chi connectivity index (χ0v) is 12.8. The van der Waals surface area contributed by atoms with E-state index >= 15 is 0 Å². The molecule has 2 rings (SSSR count). The van der Waals surface area contributed by atoms with Crippen molar-refractivity contribution in [2.24, 2.45) is 0 Å². The van der Waals surface area contributed by atoms with Crippen molar-refractivity contribution in [2.75, 3.05) is 19.7 Å². The van der Waals surface area contributed by atoms with E-state index in [-0.39, 0.29) is 18.7 Å². The second-order valence-corrected chi connectivity index (χ2v) is 5.61. The molecular formula is C16H26N2O3. The lowest BCUT2D eigenvalue weighted by Gasteiger charge is -2.28. The average molecular weight is 294 g/mol. The minimum Gasteiger partial charge on any atom is -0.469 e. The number of carbonyl (C=O) groups is 1. The Morgan fingerprint density at radius 1 is 1.48 bits per heavy atom. The number of unbranched alkanes of at least 4 members (excludes halogenated alkanes) is 1. The number of hydrogen-bond donors (Lipinski definition) is 2. The van der Waals surface area contributed by atoms with Gasteiger partial charge in [-0.15, -0.1) is 0 Å². The average Bonchev–Trinajstić information content (AvgIpc) is 2.97. The Kier molecular flexibility index (Phi) is 6.11. The van der Waals surface area contributed by atoms with Crippen molar-refractivity contribution in [1.29, 1.82) is 0 Å². The van der Waals surface area contributed by atoms with Gasteiger partial charge in [0, 0.05) is 31.7 Å². The SMILES string of the molecule is CCCCN(CCCO)C(=O)NC1CCCc2occc21. The topological polar surface area (TPSA) is 65.7 Å². The first kappa shape index (κ1) is 15.9. The summed E-state index contributed by atoms with van der Waals surface area (Å²) in [7, 11) is 0. The summed E-state index contributed by atoms with van der Waals surface area (Å²) < 4.78 is 5.46. The molecule has 1 aliphatic rings. The van der Waals surface area contributed by atoms with Crippen molar-refractivity contribution in [3.8, 4) is 0 Å². The van der Waals surface area contributed by atoms with Crippen LogP contribution in [0.2, 0.25) is 0 Å². The Morgan fingerprint density at radius 2 is 2.29 bits per heavy atom. The van der Waals surface area contributed by atoms with E-state index in [1.165, 1.54) is 0 Å². The largest absolute Gasteiger partial charge is 0.469 e. The molecule has 0 saturated carbocycles. The standard InChI is InChI=1S/C16H26N2O3/c1-2-3-9-18(10-5-11-19)16(20)17-14-6-4-7-15-13(14)8-12-21-15/h8,12,14,19H,2-7,9-11H2,1H3,(H,17,20). The summed E-state index contributed by atoms with van der Waals surface area (Å²) in [4.78, 5) is 14.3. The van der Waals surface area contributed by atoms with E-state index < -0.39 is 0 Å². The molecule has 0 aliphatic heterocycles. The molecule has 1 heterocycles. The molecule has 5 nitrogen and oxygen atoms in total. The molecule has 2 amide bonds. The maximum absolute atomic E-state index is 12.5. The van der Waals surface area contributed by atoms with Crippen LogP contribution in [0.5, 0.6) is 0 Å². The number of furan rings is 1. The van der Waals surface area contributed by atoms with Gasteiger partial charge in [0.15, 0.2) is 0 Å². The molecule has 118 valence electrons. The van der Waals surface area contributed by atoms with Crippen LogP contribution in [0.4, 0.5) is 4.79 Å². The number of aliphatic hydroxyl groups excluding tert-OH is 1. The number of fused-ring (bicyclic) bond motifs is 1. The molecule has 0 aromatic carbocycles. The van der Waals surface area contributed by atoms with E-state index in [0.717, 1.165) is 50.0 Å². The fourth-order valence-corrected chi connectivity index (χ4v) is 2.80. The molecule has 0 saturated heterocycles. The van der Waals surface area contributed by atoms with E-state index in [2.05, 4.69) is 12.2 Å². The van der Waals surface area contributed by atoms with Crippen LogP contribution in [0.3, 0.4) is 0 Å². The molecule has 0 spiro atoms. The third kappa shape index (κ3) is 4.24. The minimum atomic E-state index is -0.0315. The number of hydrogen-bond acceptors (Lipinski definition) is 3. The Balaban J connectivity index is 1.95. The fourth-order valence-electron chi connectivity index (χ4n) is 2.80. The van der Waals surface area contributed by atoms with Crippen molar-refractivity contribution < 1.29 is 14.3 Å². The Morgan fingerprint density at radius 3 is 3.05 bits per heavy atom. The molecule has 1 aromatic heterocycles. The number of aryl methyl sites for hydroxylation is 1. The zero-order chi connectivity index (χ0) is 15.1. The van der Waals surface area contributed by atoms with E-state index in [1.807, 2.05) is 11.0 Å². The Bertz CT molecular complexity index is 436. The predicted molar refractivity (Wildman–Crippen MR) is 81.1 cm³/mol. The quantitative estimate of drug-likeness (QED) is 0.812. The van der Waals surface area contributed by atoms with Crippen molar-refractivity contribution in [3.05, 3.63) is 23.7 Å². The van der Waals surface area contributed by atoms with Gasteiger partial charge < -0.3 is 19.7 Å². The molecule has 2 N–H and O–H groups in total. The highest BCUT2D eigenvalue weighted by Crippen LogP contribution is 2.30. The third-order valence-electron chi connectivity index (χ3n) is 4.00. The molecule has 5 heteroatoms. The van der Waals surface area contributed by atoms with E-state index in [1.54, 1.807) is 6.26 Å². The summed E-state index contributed by atoms with van der Waals surface area (Å²) in [6.45, 7) is 3.58. The first-order valence-electron chi connectivity index (χ1n) is 7.98. The molecule has 0 radical (unpaired) electrons. The van der Waals surface area contributed by atoms with Gasteiger partial charge in [0.2, 0.25) is 0 Å². The smallest absolute Gasteiger partial charge is 0.317 e. The van der Waals surface area contributed by atoms with Gasteiger partial charge >= 0.3 is 6.03 Å². The Hall–Kier alpha value is -1.49. The van der Waals surface area contributed by atoms with Gasteiger partial charge in [-0.05, 0) is 31.7 Å². The lowest BCUT2D eigenvalue weighted by Crippen LogP contribution is -2.43. The molecule has 1 aliphatic carbocycles. The number of nitrogens with zero attached hydrogens (tertiary/aromatic N) is 1. The van der Waals surface area contributed by atoms with Crippen molar-refractivity contribution in [2.45, 2.75) is 51.5 Å². The first-order chi connectivity index (χ1) is 10.3. The van der Waals surface area contributed by atoms with Crippen molar-refractivity contribution in [1.82, 2.24) is 10.2 Å². The van der Waals surface area contributed by atoms with Gasteiger partial charge in [0.05, 0.1) is 12.3 Å². The summed E-state index contributed by atoms with van der Waals surface area (Å²) in [5, 5.41) is 12.1. The molecule has 21 heavy (non-hydrogen) atoms. The maximum atomic E-state index is 12.5. The predicted octanol–water partition coefficient (Wildman–Crippen LogP) is 2.85. The molecule has 1 atom stereocenters. The highest BCUT2D eigenvalue weighted by molar-refractivity contribution is 5.74. The van der Waals surface area contributed by atoms with Crippen LogP contribution in [-0.2, 0) is 6.42 Å². The molecular weight excluding hydrogens is 268 g/mol. The Labute approximate surface area is 126 Å². The van der Waals surface area contributed by atoms with Gasteiger partial charge in [0.25, 0.3) is 0 Å². The lowest BCUT2D eigenvalue weighted by atomic mass is 9.93. The second kappa shape index (κ2) is 8.08. The summed E-state index contributed by atoms with van der Waals surface area (Å²) >= 11 is 0. The summed E-state index contributed by atoms with van der Waals surface area (Å²) in [5.74, 6) is 1.00.